The van der Waals surface area contributed by atoms with Crippen LogP contribution >= 0.6 is 22.9 Å². The van der Waals surface area contributed by atoms with Crippen molar-refractivity contribution >= 4 is 39.1 Å². The van der Waals surface area contributed by atoms with E-state index in [4.69, 9.17) is 25.6 Å². The van der Waals surface area contributed by atoms with E-state index >= 15 is 0 Å². The van der Waals surface area contributed by atoms with Gasteiger partial charge in [-0.15, -0.1) is 0 Å². The molecular formula is C21H16ClN3O4S. The lowest BCUT2D eigenvalue weighted by atomic mass is 10.1. The van der Waals surface area contributed by atoms with E-state index in [0.29, 0.717) is 57.1 Å². The van der Waals surface area contributed by atoms with Gasteiger partial charge >= 0.3 is 0 Å². The van der Waals surface area contributed by atoms with Crippen LogP contribution in [0.25, 0.3) is 21.5 Å². The molecule has 1 aliphatic rings. The summed E-state index contributed by atoms with van der Waals surface area (Å²) < 4.78 is 19.4. The molecule has 0 N–H and O–H groups in total. The summed E-state index contributed by atoms with van der Waals surface area (Å²) in [5, 5.41) is 4.53. The lowest BCUT2D eigenvalue weighted by Crippen LogP contribution is -2.16. The summed E-state index contributed by atoms with van der Waals surface area (Å²) in [4.78, 5) is 18.0. The summed E-state index contributed by atoms with van der Waals surface area (Å²) in [7, 11) is 1.86. The SMILES string of the molecule is Cc1onc(-c2ccccc2Cl)c1C(=O)N=c1sc2cc3c(cc2n1C)OCCO3. The molecule has 0 atom stereocenters. The fourth-order valence-electron chi connectivity index (χ4n) is 3.37. The lowest BCUT2D eigenvalue weighted by Gasteiger charge is -2.18. The topological polar surface area (TPSA) is 78.9 Å². The van der Waals surface area contributed by atoms with Gasteiger partial charge in [0.2, 0.25) is 0 Å². The zero-order chi connectivity index (χ0) is 20.8. The predicted octanol–water partition coefficient (Wildman–Crippen LogP) is 4.37. The van der Waals surface area contributed by atoms with E-state index in [1.54, 1.807) is 19.1 Å². The van der Waals surface area contributed by atoms with E-state index in [1.807, 2.05) is 35.9 Å². The first-order chi connectivity index (χ1) is 14.5. The maximum atomic E-state index is 13.1. The number of aromatic nitrogens is 2. The fraction of sp³-hybridized carbons (Fsp3) is 0.190. The molecule has 1 aliphatic heterocycles. The van der Waals surface area contributed by atoms with Crippen LogP contribution in [0, 0.1) is 6.92 Å². The molecule has 0 saturated heterocycles. The quantitative estimate of drug-likeness (QED) is 0.461. The number of aryl methyl sites for hydroxylation is 2. The van der Waals surface area contributed by atoms with E-state index in [2.05, 4.69) is 10.1 Å². The Labute approximate surface area is 180 Å². The number of hydrogen-bond donors (Lipinski definition) is 0. The molecule has 7 nitrogen and oxygen atoms in total. The Morgan fingerprint density at radius 1 is 1.20 bits per heavy atom. The molecule has 0 radical (unpaired) electrons. The van der Waals surface area contributed by atoms with Gasteiger partial charge in [-0.2, -0.15) is 4.99 Å². The van der Waals surface area contributed by atoms with Crippen LogP contribution in [0.5, 0.6) is 11.5 Å². The standard InChI is InChI=1S/C21H16ClN3O4S/c1-11-18(19(24-29-11)12-5-3-4-6-13(12)22)20(26)23-21-25(2)14-9-15-16(10-17(14)30-21)28-8-7-27-15/h3-6,9-10H,7-8H2,1-2H3. The summed E-state index contributed by atoms with van der Waals surface area (Å²) in [5.74, 6) is 1.34. The van der Waals surface area contributed by atoms with Gasteiger partial charge in [0.25, 0.3) is 5.91 Å². The van der Waals surface area contributed by atoms with E-state index in [-0.39, 0.29) is 0 Å². The Balaban J connectivity index is 1.62. The number of ether oxygens (including phenoxy) is 2. The zero-order valence-corrected chi connectivity index (χ0v) is 17.7. The Hall–Kier alpha value is -3.10. The van der Waals surface area contributed by atoms with Crippen LogP contribution in [-0.4, -0.2) is 28.8 Å². The summed E-state index contributed by atoms with van der Waals surface area (Å²) in [6, 6.07) is 11.0. The second kappa shape index (κ2) is 7.30. The van der Waals surface area contributed by atoms with Crippen LogP contribution < -0.4 is 14.3 Å². The van der Waals surface area contributed by atoms with E-state index in [9.17, 15) is 4.79 Å². The Morgan fingerprint density at radius 3 is 2.70 bits per heavy atom. The second-order valence-corrected chi connectivity index (χ2v) is 8.18. The van der Waals surface area contributed by atoms with Crippen molar-refractivity contribution in [3.05, 3.63) is 57.5 Å². The lowest BCUT2D eigenvalue weighted by molar-refractivity contribution is 0.0997. The van der Waals surface area contributed by atoms with Crippen LogP contribution in [0.2, 0.25) is 5.02 Å². The van der Waals surface area contributed by atoms with Gasteiger partial charge in [-0.1, -0.05) is 46.3 Å². The highest BCUT2D eigenvalue weighted by molar-refractivity contribution is 7.16. The molecule has 5 rings (SSSR count). The van der Waals surface area contributed by atoms with Gasteiger partial charge in [0.05, 0.1) is 15.2 Å². The number of hydrogen-bond acceptors (Lipinski definition) is 6. The molecule has 4 aromatic rings. The van der Waals surface area contributed by atoms with Crippen LogP contribution in [0.1, 0.15) is 16.1 Å². The Morgan fingerprint density at radius 2 is 1.93 bits per heavy atom. The Kier molecular flexibility index (Phi) is 4.60. The summed E-state index contributed by atoms with van der Waals surface area (Å²) in [6.07, 6.45) is 0. The highest BCUT2D eigenvalue weighted by Gasteiger charge is 2.23. The monoisotopic (exact) mass is 441 g/mol. The van der Waals surface area contributed by atoms with Gasteiger partial charge in [0, 0.05) is 24.7 Å². The molecule has 9 heteroatoms. The van der Waals surface area contributed by atoms with Crippen molar-refractivity contribution in [1.82, 2.24) is 9.72 Å². The first-order valence-electron chi connectivity index (χ1n) is 9.22. The highest BCUT2D eigenvalue weighted by atomic mass is 35.5. The second-order valence-electron chi connectivity index (χ2n) is 6.77. The zero-order valence-electron chi connectivity index (χ0n) is 16.1. The van der Waals surface area contributed by atoms with Crippen LogP contribution in [0.15, 0.2) is 45.9 Å². The number of nitrogens with zero attached hydrogens (tertiary/aromatic N) is 3. The molecule has 0 aliphatic carbocycles. The van der Waals surface area contributed by atoms with Crippen molar-refractivity contribution in [2.45, 2.75) is 6.92 Å². The van der Waals surface area contributed by atoms with Crippen molar-refractivity contribution < 1.29 is 18.8 Å². The van der Waals surface area contributed by atoms with E-state index in [1.165, 1.54) is 11.3 Å². The molecular weight excluding hydrogens is 426 g/mol. The molecule has 3 heterocycles. The predicted molar refractivity (Wildman–Crippen MR) is 113 cm³/mol. The Bertz CT molecular complexity index is 1370. The first kappa shape index (κ1) is 18.9. The number of amides is 1. The molecule has 0 unspecified atom stereocenters. The highest BCUT2D eigenvalue weighted by Crippen LogP contribution is 2.35. The summed E-state index contributed by atoms with van der Waals surface area (Å²) in [6.45, 7) is 2.72. The van der Waals surface area contributed by atoms with Crippen molar-refractivity contribution in [3.63, 3.8) is 0 Å². The molecule has 0 bridgehead atoms. The van der Waals surface area contributed by atoms with Crippen LogP contribution in [0.3, 0.4) is 0 Å². The number of carbonyl (C=O) groups excluding carboxylic acids is 1. The molecule has 0 fully saturated rings. The maximum absolute atomic E-state index is 13.1. The number of benzene rings is 2. The molecule has 152 valence electrons. The number of carbonyl (C=O) groups is 1. The third-order valence-electron chi connectivity index (χ3n) is 4.88. The molecule has 2 aromatic carbocycles. The minimum Gasteiger partial charge on any atom is -0.486 e. The van der Waals surface area contributed by atoms with Crippen LogP contribution in [-0.2, 0) is 7.05 Å². The normalized spacial score (nSPS) is 13.8. The van der Waals surface area contributed by atoms with Gasteiger partial charge < -0.3 is 18.6 Å². The molecule has 0 saturated carbocycles. The summed E-state index contributed by atoms with van der Waals surface area (Å²) >= 11 is 7.69. The van der Waals surface area contributed by atoms with Crippen molar-refractivity contribution in [2.75, 3.05) is 13.2 Å². The van der Waals surface area contributed by atoms with Crippen LogP contribution in [0.4, 0.5) is 0 Å². The molecule has 1 amide bonds. The number of halogens is 1. The smallest absolute Gasteiger partial charge is 0.285 e. The average Bonchev–Trinajstić information content (AvgIpc) is 3.27. The minimum atomic E-state index is -0.442. The fourth-order valence-corrected chi connectivity index (χ4v) is 4.63. The van der Waals surface area contributed by atoms with Gasteiger partial charge in [0.1, 0.15) is 30.2 Å². The minimum absolute atomic E-state index is 0.298. The first-order valence-corrected chi connectivity index (χ1v) is 10.4. The largest absolute Gasteiger partial charge is 0.486 e. The maximum Gasteiger partial charge on any atom is 0.285 e. The van der Waals surface area contributed by atoms with Gasteiger partial charge in [-0.3, -0.25) is 4.79 Å². The van der Waals surface area contributed by atoms with Gasteiger partial charge in [-0.05, 0) is 13.0 Å². The third-order valence-corrected chi connectivity index (χ3v) is 6.30. The molecule has 0 spiro atoms. The third kappa shape index (κ3) is 3.09. The van der Waals surface area contributed by atoms with E-state index < -0.39 is 5.91 Å². The molecule has 30 heavy (non-hydrogen) atoms. The van der Waals surface area contributed by atoms with Crippen molar-refractivity contribution in [1.29, 1.82) is 0 Å². The van der Waals surface area contributed by atoms with Gasteiger partial charge in [0.15, 0.2) is 16.3 Å². The average molecular weight is 442 g/mol. The van der Waals surface area contributed by atoms with Gasteiger partial charge in [-0.25, -0.2) is 0 Å². The van der Waals surface area contributed by atoms with Crippen molar-refractivity contribution in [3.8, 4) is 22.8 Å². The van der Waals surface area contributed by atoms with E-state index in [0.717, 1.165) is 10.2 Å². The molecule has 2 aromatic heterocycles. The summed E-state index contributed by atoms with van der Waals surface area (Å²) in [5.41, 5.74) is 2.21. The number of thiazole rings is 1. The number of fused-ring (bicyclic) bond motifs is 2. The number of rotatable bonds is 2. The van der Waals surface area contributed by atoms with Crippen molar-refractivity contribution in [2.24, 2.45) is 12.0 Å².